The van der Waals surface area contributed by atoms with Crippen LogP contribution in [0.5, 0.6) is 11.5 Å². The van der Waals surface area contributed by atoms with Crippen LogP contribution in [0.15, 0.2) is 50.8 Å². The molecular weight excluding hydrogens is 532 g/mol. The monoisotopic (exact) mass is 557 g/mol. The summed E-state index contributed by atoms with van der Waals surface area (Å²) in [7, 11) is 0. The van der Waals surface area contributed by atoms with E-state index < -0.39 is 6.17 Å². The van der Waals surface area contributed by atoms with Gasteiger partial charge in [-0.15, -0.1) is 0 Å². The van der Waals surface area contributed by atoms with E-state index in [4.69, 9.17) is 14.6 Å². The van der Waals surface area contributed by atoms with Crippen LogP contribution < -0.4 is 24.6 Å². The second kappa shape index (κ2) is 10.0. The third kappa shape index (κ3) is 4.45. The van der Waals surface area contributed by atoms with Crippen molar-refractivity contribution in [1.29, 1.82) is 0 Å². The molecule has 0 unspecified atom stereocenters. The summed E-state index contributed by atoms with van der Waals surface area (Å²) in [4.78, 5) is 31.1. The Morgan fingerprint density at radius 1 is 1.23 bits per heavy atom. The smallest absolute Gasteiger partial charge is 0.325 e. The number of hydrogen-bond acceptors (Lipinski definition) is 6. The molecular formula is C25H26BrN4O4S+. The SMILES string of the molecule is CCCCCCSc1n[n+]2c(c(=O)[nH]1)-c1ccccc1N(C(C)=O)[C@H]2c1cc2c(cc1Br)OCO2. The van der Waals surface area contributed by atoms with E-state index in [1.54, 1.807) is 9.58 Å². The maximum absolute atomic E-state index is 13.4. The normalized spacial score (nSPS) is 15.6. The van der Waals surface area contributed by atoms with Crippen molar-refractivity contribution >= 4 is 39.3 Å². The van der Waals surface area contributed by atoms with Gasteiger partial charge in [0.15, 0.2) is 11.5 Å². The highest BCUT2D eigenvalue weighted by atomic mass is 79.9. The zero-order valence-electron chi connectivity index (χ0n) is 19.5. The van der Waals surface area contributed by atoms with Crippen molar-refractivity contribution < 1.29 is 19.0 Å². The predicted octanol–water partition coefficient (Wildman–Crippen LogP) is 4.80. The van der Waals surface area contributed by atoms with Gasteiger partial charge in [0.1, 0.15) is 0 Å². The van der Waals surface area contributed by atoms with E-state index in [0.29, 0.717) is 33.6 Å². The van der Waals surface area contributed by atoms with E-state index in [9.17, 15) is 9.59 Å². The number of aromatic nitrogens is 3. The van der Waals surface area contributed by atoms with Gasteiger partial charge < -0.3 is 9.47 Å². The number of aromatic amines is 1. The molecule has 0 saturated heterocycles. The summed E-state index contributed by atoms with van der Waals surface area (Å²) in [5, 5.41) is 5.38. The van der Waals surface area contributed by atoms with Gasteiger partial charge in [-0.1, -0.05) is 66.0 Å². The number of thioether (sulfide) groups is 1. The number of halogens is 1. The molecule has 2 aromatic carbocycles. The van der Waals surface area contributed by atoms with Crippen LogP contribution in [0.3, 0.4) is 0 Å². The quantitative estimate of drug-likeness (QED) is 0.255. The molecule has 5 rings (SSSR count). The number of amides is 1. The molecule has 10 heteroatoms. The minimum absolute atomic E-state index is 0.135. The van der Waals surface area contributed by atoms with Crippen molar-refractivity contribution in [3.8, 4) is 22.8 Å². The molecule has 182 valence electrons. The molecule has 1 aromatic heterocycles. The molecule has 0 fully saturated rings. The van der Waals surface area contributed by atoms with Crippen LogP contribution in [-0.4, -0.2) is 28.5 Å². The van der Waals surface area contributed by atoms with Crippen LogP contribution in [0, 0.1) is 0 Å². The number of rotatable bonds is 7. The topological polar surface area (TPSA) is 88.4 Å². The highest BCUT2D eigenvalue weighted by Gasteiger charge is 2.46. The molecule has 0 bridgehead atoms. The number of hydrogen-bond donors (Lipinski definition) is 1. The molecule has 0 saturated carbocycles. The molecule has 1 N–H and O–H groups in total. The first-order chi connectivity index (χ1) is 17.0. The molecule has 1 atom stereocenters. The van der Waals surface area contributed by atoms with Crippen molar-refractivity contribution in [2.45, 2.75) is 50.9 Å². The van der Waals surface area contributed by atoms with Crippen LogP contribution in [-0.2, 0) is 4.79 Å². The van der Waals surface area contributed by atoms with Crippen molar-refractivity contribution in [3.05, 3.63) is 56.8 Å². The number of benzene rings is 2. The van der Waals surface area contributed by atoms with Gasteiger partial charge in [-0.05, 0) is 35.4 Å². The molecule has 1 amide bonds. The van der Waals surface area contributed by atoms with Crippen LogP contribution in [0.25, 0.3) is 11.3 Å². The zero-order chi connectivity index (χ0) is 24.5. The maximum Gasteiger partial charge on any atom is 0.325 e. The van der Waals surface area contributed by atoms with E-state index in [-0.39, 0.29) is 18.3 Å². The minimum Gasteiger partial charge on any atom is -0.454 e. The van der Waals surface area contributed by atoms with Gasteiger partial charge in [0.2, 0.25) is 17.9 Å². The second-order valence-electron chi connectivity index (χ2n) is 8.47. The number of unbranched alkanes of at least 4 members (excludes halogenated alkanes) is 3. The third-order valence-electron chi connectivity index (χ3n) is 6.10. The summed E-state index contributed by atoms with van der Waals surface area (Å²) in [6.07, 6.45) is 3.85. The lowest BCUT2D eigenvalue weighted by atomic mass is 10.0. The predicted molar refractivity (Wildman–Crippen MR) is 137 cm³/mol. The van der Waals surface area contributed by atoms with E-state index >= 15 is 0 Å². The Kier molecular flexibility index (Phi) is 6.84. The third-order valence-corrected chi connectivity index (χ3v) is 7.74. The van der Waals surface area contributed by atoms with E-state index in [2.05, 4.69) is 27.8 Å². The number of nitrogens with zero attached hydrogens (tertiary/aromatic N) is 3. The van der Waals surface area contributed by atoms with Gasteiger partial charge in [0, 0.05) is 22.2 Å². The second-order valence-corrected chi connectivity index (χ2v) is 10.4. The van der Waals surface area contributed by atoms with Crippen LogP contribution in [0.1, 0.15) is 51.3 Å². The Bertz CT molecular complexity index is 1350. The molecule has 0 radical (unpaired) electrons. The molecule has 8 nitrogen and oxygen atoms in total. The zero-order valence-corrected chi connectivity index (χ0v) is 21.9. The summed E-state index contributed by atoms with van der Waals surface area (Å²) in [6, 6.07) is 11.1. The Morgan fingerprint density at radius 3 is 2.77 bits per heavy atom. The number of fused-ring (bicyclic) bond motifs is 4. The van der Waals surface area contributed by atoms with Crippen molar-refractivity contribution in [2.24, 2.45) is 0 Å². The molecule has 2 aliphatic rings. The number of carbonyl (C=O) groups is 1. The lowest BCUT2D eigenvalue weighted by Gasteiger charge is -2.31. The average molecular weight is 558 g/mol. The fourth-order valence-corrected chi connectivity index (χ4v) is 5.87. The molecule has 3 heterocycles. The van der Waals surface area contributed by atoms with Gasteiger partial charge in [-0.25, -0.2) is 4.90 Å². The Hall–Kier alpha value is -2.85. The number of para-hydroxylation sites is 1. The van der Waals surface area contributed by atoms with E-state index in [1.807, 2.05) is 36.4 Å². The minimum atomic E-state index is -0.692. The number of nitrogens with one attached hydrogen (secondary N) is 1. The number of carbonyl (C=O) groups excluding carboxylic acids is 1. The lowest BCUT2D eigenvalue weighted by Crippen LogP contribution is -2.60. The number of anilines is 1. The fraction of sp³-hybridized carbons (Fsp3) is 0.360. The highest BCUT2D eigenvalue weighted by Crippen LogP contribution is 2.43. The van der Waals surface area contributed by atoms with Crippen molar-refractivity contribution in [3.63, 3.8) is 0 Å². The highest BCUT2D eigenvalue weighted by molar-refractivity contribution is 9.10. The van der Waals surface area contributed by atoms with Crippen LogP contribution >= 0.6 is 27.7 Å². The van der Waals surface area contributed by atoms with Crippen molar-refractivity contribution in [2.75, 3.05) is 17.4 Å². The number of ether oxygens (including phenoxy) is 2. The van der Waals surface area contributed by atoms with Crippen molar-refractivity contribution in [1.82, 2.24) is 10.1 Å². The molecule has 0 spiro atoms. The first-order valence-corrected chi connectivity index (χ1v) is 13.4. The van der Waals surface area contributed by atoms with Gasteiger partial charge in [-0.2, -0.15) is 0 Å². The van der Waals surface area contributed by atoms with E-state index in [1.165, 1.54) is 31.5 Å². The van der Waals surface area contributed by atoms with Crippen LogP contribution in [0.4, 0.5) is 5.69 Å². The standard InChI is InChI=1S/C25H25BrN4O4S/c1-3-4-5-8-11-35-25-27-23(32)22-16-9-6-7-10-19(16)29(15(2)31)24(30(22)28-25)17-12-20-21(13-18(17)26)34-14-33-20/h6-7,9-10,12-13,24H,3-5,8,11,14H2,1-2H3/p+1/t24-/m1/s1. The van der Waals surface area contributed by atoms with Crippen LogP contribution in [0.2, 0.25) is 0 Å². The first-order valence-electron chi connectivity index (χ1n) is 11.7. The number of H-pyrrole nitrogens is 1. The van der Waals surface area contributed by atoms with Gasteiger partial charge in [0.25, 0.3) is 6.17 Å². The molecule has 3 aromatic rings. The van der Waals surface area contributed by atoms with Gasteiger partial charge >= 0.3 is 11.3 Å². The summed E-state index contributed by atoms with van der Waals surface area (Å²) >= 11 is 5.17. The molecule has 0 aliphatic carbocycles. The molecule has 35 heavy (non-hydrogen) atoms. The summed E-state index contributed by atoms with van der Waals surface area (Å²) < 4.78 is 13.5. The Morgan fingerprint density at radius 2 is 2.00 bits per heavy atom. The summed E-state index contributed by atoms with van der Waals surface area (Å²) in [5.41, 5.74) is 2.21. The Balaban J connectivity index is 1.67. The van der Waals surface area contributed by atoms with Gasteiger partial charge in [-0.3, -0.25) is 14.6 Å². The fourth-order valence-electron chi connectivity index (χ4n) is 4.49. The average Bonchev–Trinajstić information content (AvgIpc) is 3.29. The summed E-state index contributed by atoms with van der Waals surface area (Å²) in [6.45, 7) is 3.84. The first kappa shape index (κ1) is 23.9. The lowest BCUT2D eigenvalue weighted by molar-refractivity contribution is -0.763. The molecule has 2 aliphatic heterocycles. The maximum atomic E-state index is 13.4. The van der Waals surface area contributed by atoms with E-state index in [0.717, 1.165) is 28.6 Å². The van der Waals surface area contributed by atoms with Gasteiger partial charge in [0.05, 0.1) is 16.8 Å². The Labute approximate surface area is 215 Å². The summed E-state index contributed by atoms with van der Waals surface area (Å²) in [5.74, 6) is 1.90. The largest absolute Gasteiger partial charge is 0.454 e.